The summed E-state index contributed by atoms with van der Waals surface area (Å²) in [6, 6.07) is 1.53. The molecule has 2 N–H and O–H groups in total. The molecule has 0 aromatic carbocycles. The van der Waals surface area contributed by atoms with Crippen LogP contribution in [0.1, 0.15) is 9.75 Å². The Bertz CT molecular complexity index is 475. The van der Waals surface area contributed by atoms with E-state index in [9.17, 15) is 13.2 Å². The second-order valence-electron chi connectivity index (χ2n) is 3.00. The molecule has 0 aliphatic carbocycles. The van der Waals surface area contributed by atoms with Crippen molar-refractivity contribution in [2.75, 3.05) is 6.54 Å². The summed E-state index contributed by atoms with van der Waals surface area (Å²) in [4.78, 5) is 11.9. The molecule has 1 aromatic heterocycles. The number of thiophene rings is 1. The van der Waals surface area contributed by atoms with Gasteiger partial charge >= 0.3 is 5.97 Å². The number of aliphatic carboxylic acids is 1. The van der Waals surface area contributed by atoms with Crippen LogP contribution in [0.5, 0.6) is 0 Å². The maximum Gasteiger partial charge on any atom is 0.318 e. The molecule has 7 heteroatoms. The van der Waals surface area contributed by atoms with Crippen LogP contribution in [0.2, 0.25) is 0 Å². The largest absolute Gasteiger partial charge is 0.480 e. The van der Waals surface area contributed by atoms with Gasteiger partial charge in [-0.3, -0.25) is 4.79 Å². The smallest absolute Gasteiger partial charge is 0.318 e. The lowest BCUT2D eigenvalue weighted by atomic mass is 10.4. The number of hydrogen-bond donors (Lipinski definition) is 2. The van der Waals surface area contributed by atoms with Crippen LogP contribution in [0.25, 0.3) is 0 Å². The summed E-state index contributed by atoms with van der Waals surface area (Å²) in [7, 11) is -3.69. The van der Waals surface area contributed by atoms with E-state index in [2.05, 4.69) is 0 Å². The average Bonchev–Trinajstić information content (AvgIpc) is 2.43. The highest BCUT2D eigenvalue weighted by atomic mass is 32.2. The lowest BCUT2D eigenvalue weighted by molar-refractivity contribution is -0.135. The molecule has 0 atom stereocenters. The monoisotopic (exact) mass is 249 g/mol. The molecule has 5 nitrogen and oxygen atoms in total. The highest BCUT2D eigenvalue weighted by Crippen LogP contribution is 2.24. The van der Waals surface area contributed by atoms with Gasteiger partial charge < -0.3 is 5.11 Å². The van der Waals surface area contributed by atoms with Crippen LogP contribution in [0.3, 0.4) is 0 Å². The van der Waals surface area contributed by atoms with Crippen molar-refractivity contribution in [1.29, 1.82) is 0 Å². The van der Waals surface area contributed by atoms with Crippen molar-refractivity contribution < 1.29 is 18.3 Å². The minimum absolute atomic E-state index is 0.159. The maximum atomic E-state index is 11.6. The van der Waals surface area contributed by atoms with E-state index in [0.717, 1.165) is 4.88 Å². The summed E-state index contributed by atoms with van der Waals surface area (Å²) in [5, 5.41) is 8.37. The topological polar surface area (TPSA) is 83.5 Å². The number of aryl methyl sites for hydroxylation is 2. The Labute approximate surface area is 91.8 Å². The normalized spacial score (nSPS) is 11.6. The molecule has 15 heavy (non-hydrogen) atoms. The summed E-state index contributed by atoms with van der Waals surface area (Å²) in [5.41, 5.74) is 0. The van der Waals surface area contributed by atoms with Gasteiger partial charge in [-0.1, -0.05) is 0 Å². The summed E-state index contributed by atoms with van der Waals surface area (Å²) < 4.78 is 25.2. The van der Waals surface area contributed by atoms with Gasteiger partial charge in [0.15, 0.2) is 0 Å². The van der Waals surface area contributed by atoms with Gasteiger partial charge in [-0.15, -0.1) is 11.3 Å². The van der Waals surface area contributed by atoms with Crippen LogP contribution in [-0.4, -0.2) is 26.0 Å². The van der Waals surface area contributed by atoms with Crippen molar-refractivity contribution >= 4 is 27.3 Å². The fraction of sp³-hybridized carbons (Fsp3) is 0.375. The number of carbonyl (C=O) groups is 1. The van der Waals surface area contributed by atoms with Crippen molar-refractivity contribution in [1.82, 2.24) is 4.72 Å². The van der Waals surface area contributed by atoms with Gasteiger partial charge in [0, 0.05) is 9.75 Å². The van der Waals surface area contributed by atoms with Crippen LogP contribution in [0, 0.1) is 13.8 Å². The Morgan fingerprint density at radius 2 is 2.13 bits per heavy atom. The molecule has 1 aromatic rings. The molecule has 0 unspecified atom stereocenters. The van der Waals surface area contributed by atoms with Crippen LogP contribution >= 0.6 is 11.3 Å². The van der Waals surface area contributed by atoms with E-state index in [0.29, 0.717) is 4.88 Å². The Morgan fingerprint density at radius 1 is 1.53 bits per heavy atom. The first-order chi connectivity index (χ1) is 6.83. The number of sulfonamides is 1. The van der Waals surface area contributed by atoms with Gasteiger partial charge in [-0.2, -0.15) is 4.72 Å². The number of nitrogens with one attached hydrogen (secondary N) is 1. The van der Waals surface area contributed by atoms with Crippen molar-refractivity contribution in [3.8, 4) is 0 Å². The predicted molar refractivity (Wildman–Crippen MR) is 56.6 cm³/mol. The first kappa shape index (κ1) is 12.2. The highest BCUT2D eigenvalue weighted by Gasteiger charge is 2.19. The Balaban J connectivity index is 2.96. The van der Waals surface area contributed by atoms with Gasteiger partial charge in [0.1, 0.15) is 6.54 Å². The minimum Gasteiger partial charge on any atom is -0.480 e. The molecule has 0 spiro atoms. The first-order valence-corrected chi connectivity index (χ1v) is 6.41. The van der Waals surface area contributed by atoms with Crippen LogP contribution < -0.4 is 4.72 Å². The average molecular weight is 249 g/mol. The van der Waals surface area contributed by atoms with Gasteiger partial charge in [0.25, 0.3) is 0 Å². The zero-order valence-corrected chi connectivity index (χ0v) is 9.91. The summed E-state index contributed by atoms with van der Waals surface area (Å²) in [6.45, 7) is 2.89. The molecule has 84 valence electrons. The zero-order chi connectivity index (χ0) is 11.6. The minimum atomic E-state index is -3.69. The molecule has 0 aliphatic rings. The van der Waals surface area contributed by atoms with Gasteiger partial charge in [-0.25, -0.2) is 8.42 Å². The maximum absolute atomic E-state index is 11.6. The molecule has 0 bridgehead atoms. The number of carboxylic acids is 1. The second kappa shape index (κ2) is 4.30. The third-order valence-corrected chi connectivity index (χ3v) is 4.32. The van der Waals surface area contributed by atoms with E-state index in [1.807, 2.05) is 4.72 Å². The quantitative estimate of drug-likeness (QED) is 0.824. The zero-order valence-electron chi connectivity index (χ0n) is 8.27. The van der Waals surface area contributed by atoms with Gasteiger partial charge in [0.05, 0.1) is 4.90 Å². The number of rotatable bonds is 4. The molecular formula is C8H11NO4S2. The third kappa shape index (κ3) is 3.01. The fourth-order valence-electron chi connectivity index (χ4n) is 1.11. The molecule has 0 amide bonds. The Morgan fingerprint density at radius 3 is 2.53 bits per heavy atom. The summed E-state index contributed by atoms with van der Waals surface area (Å²) >= 11 is 1.36. The third-order valence-electron chi connectivity index (χ3n) is 1.70. The SMILES string of the molecule is Cc1cc(S(=O)(=O)NCC(=O)O)c(C)s1. The molecular weight excluding hydrogens is 238 g/mol. The molecule has 0 aliphatic heterocycles. The summed E-state index contributed by atoms with van der Waals surface area (Å²) in [5.74, 6) is -1.21. The number of hydrogen-bond acceptors (Lipinski definition) is 4. The van der Waals surface area contributed by atoms with E-state index in [-0.39, 0.29) is 4.90 Å². The number of carboxylic acid groups (broad SMARTS) is 1. The Kier molecular flexibility index (Phi) is 3.48. The highest BCUT2D eigenvalue weighted by molar-refractivity contribution is 7.89. The van der Waals surface area contributed by atoms with Crippen molar-refractivity contribution in [2.45, 2.75) is 18.7 Å². The van der Waals surface area contributed by atoms with E-state index < -0.39 is 22.5 Å². The second-order valence-corrected chi connectivity index (χ2v) is 6.19. The predicted octanol–water partition coefficient (Wildman–Crippen LogP) is 0.728. The first-order valence-electron chi connectivity index (χ1n) is 4.11. The van der Waals surface area contributed by atoms with Crippen molar-refractivity contribution in [3.63, 3.8) is 0 Å². The van der Waals surface area contributed by atoms with Crippen LogP contribution in [-0.2, 0) is 14.8 Å². The fourth-order valence-corrected chi connectivity index (χ4v) is 3.64. The van der Waals surface area contributed by atoms with E-state index in [4.69, 9.17) is 5.11 Å². The molecule has 0 saturated heterocycles. The molecule has 1 heterocycles. The van der Waals surface area contributed by atoms with Crippen LogP contribution in [0.4, 0.5) is 0 Å². The lowest BCUT2D eigenvalue weighted by Crippen LogP contribution is -2.29. The molecule has 0 saturated carbocycles. The van der Waals surface area contributed by atoms with Crippen LogP contribution in [0.15, 0.2) is 11.0 Å². The molecule has 0 fully saturated rings. The Hall–Kier alpha value is -0.920. The van der Waals surface area contributed by atoms with E-state index in [1.54, 1.807) is 13.8 Å². The molecule has 1 rings (SSSR count). The standard InChI is InChI=1S/C8H11NO4S2/c1-5-3-7(6(2)14-5)15(12,13)9-4-8(10)11/h3,9H,4H2,1-2H3,(H,10,11). The van der Waals surface area contributed by atoms with Crippen molar-refractivity contribution in [2.24, 2.45) is 0 Å². The van der Waals surface area contributed by atoms with Gasteiger partial charge in [-0.05, 0) is 19.9 Å². The van der Waals surface area contributed by atoms with Crippen molar-refractivity contribution in [3.05, 3.63) is 15.8 Å². The molecule has 0 radical (unpaired) electrons. The summed E-state index contributed by atoms with van der Waals surface area (Å²) in [6.07, 6.45) is 0. The van der Waals surface area contributed by atoms with Gasteiger partial charge in [0.2, 0.25) is 10.0 Å². The van der Waals surface area contributed by atoms with E-state index >= 15 is 0 Å². The lowest BCUT2D eigenvalue weighted by Gasteiger charge is -2.02. The van der Waals surface area contributed by atoms with E-state index in [1.165, 1.54) is 17.4 Å².